The van der Waals surface area contributed by atoms with Gasteiger partial charge < -0.3 is 10.2 Å². The Hall–Kier alpha value is -0.330. The molecule has 0 spiro atoms. The van der Waals surface area contributed by atoms with E-state index in [4.69, 9.17) is 0 Å². The highest BCUT2D eigenvalue weighted by molar-refractivity contribution is 14.1. The number of carbonyl (C=O) groups excluding carboxylic acids is 1. The number of likely N-dealkylation sites (tertiary alicyclic amines) is 1. The predicted octanol–water partition coefficient (Wildman–Crippen LogP) is 2.78. The first-order valence-electron chi connectivity index (χ1n) is 6.40. The van der Waals surface area contributed by atoms with Gasteiger partial charge in [0.1, 0.15) is 0 Å². The SMILES string of the molecule is CNCC1CCN(C(=O)c2ccc(I)cc2)CC1.Cl. The lowest BCUT2D eigenvalue weighted by molar-refractivity contribution is 0.0691. The Balaban J connectivity index is 0.00000180. The Kier molecular flexibility index (Phi) is 7.10. The van der Waals surface area contributed by atoms with E-state index in [1.165, 1.54) is 0 Å². The van der Waals surface area contributed by atoms with Gasteiger partial charge in [-0.1, -0.05) is 0 Å². The molecule has 5 heteroatoms. The van der Waals surface area contributed by atoms with Gasteiger partial charge in [-0.15, -0.1) is 12.4 Å². The highest BCUT2D eigenvalue weighted by Crippen LogP contribution is 2.18. The van der Waals surface area contributed by atoms with Gasteiger partial charge in [0.25, 0.3) is 5.91 Å². The van der Waals surface area contributed by atoms with Crippen molar-refractivity contribution in [3.05, 3.63) is 33.4 Å². The zero-order chi connectivity index (χ0) is 13.0. The van der Waals surface area contributed by atoms with Crippen LogP contribution in [0.5, 0.6) is 0 Å². The summed E-state index contributed by atoms with van der Waals surface area (Å²) in [5.41, 5.74) is 0.808. The van der Waals surface area contributed by atoms with Crippen LogP contribution in [0.1, 0.15) is 23.2 Å². The van der Waals surface area contributed by atoms with Crippen molar-refractivity contribution in [3.8, 4) is 0 Å². The van der Waals surface area contributed by atoms with E-state index in [1.807, 2.05) is 36.2 Å². The molecule has 0 aliphatic carbocycles. The van der Waals surface area contributed by atoms with E-state index >= 15 is 0 Å². The molecule has 1 aromatic rings. The van der Waals surface area contributed by atoms with Gasteiger partial charge >= 0.3 is 0 Å². The van der Waals surface area contributed by atoms with Gasteiger partial charge in [0, 0.05) is 22.2 Å². The van der Waals surface area contributed by atoms with Crippen molar-refractivity contribution in [1.29, 1.82) is 0 Å². The molecule has 0 atom stereocenters. The van der Waals surface area contributed by atoms with Crippen LogP contribution < -0.4 is 5.32 Å². The largest absolute Gasteiger partial charge is 0.339 e. The summed E-state index contributed by atoms with van der Waals surface area (Å²) >= 11 is 2.25. The van der Waals surface area contributed by atoms with E-state index in [-0.39, 0.29) is 18.3 Å². The maximum absolute atomic E-state index is 12.3. The minimum absolute atomic E-state index is 0. The summed E-state index contributed by atoms with van der Waals surface area (Å²) in [7, 11) is 1.99. The van der Waals surface area contributed by atoms with Gasteiger partial charge in [0.15, 0.2) is 0 Å². The fraction of sp³-hybridized carbons (Fsp3) is 0.500. The average Bonchev–Trinajstić information content (AvgIpc) is 2.40. The molecule has 19 heavy (non-hydrogen) atoms. The highest BCUT2D eigenvalue weighted by Gasteiger charge is 2.22. The molecule has 1 fully saturated rings. The number of hydrogen-bond donors (Lipinski definition) is 1. The summed E-state index contributed by atoms with van der Waals surface area (Å²) < 4.78 is 1.16. The number of rotatable bonds is 3. The molecule has 0 unspecified atom stereocenters. The monoisotopic (exact) mass is 394 g/mol. The molecule has 0 radical (unpaired) electrons. The summed E-state index contributed by atoms with van der Waals surface area (Å²) in [5.74, 6) is 0.894. The lowest BCUT2D eigenvalue weighted by atomic mass is 9.96. The summed E-state index contributed by atoms with van der Waals surface area (Å²) in [6.45, 7) is 2.83. The molecule has 1 N–H and O–H groups in total. The van der Waals surface area contributed by atoms with E-state index < -0.39 is 0 Å². The molecule has 3 nitrogen and oxygen atoms in total. The van der Waals surface area contributed by atoms with Crippen molar-refractivity contribution in [2.24, 2.45) is 5.92 Å². The van der Waals surface area contributed by atoms with E-state index in [9.17, 15) is 4.79 Å². The number of amides is 1. The Morgan fingerprint density at radius 1 is 1.32 bits per heavy atom. The third kappa shape index (κ3) is 4.61. The predicted molar refractivity (Wildman–Crippen MR) is 89.0 cm³/mol. The molecular formula is C14H20ClIN2O. The number of benzene rings is 1. The van der Waals surface area contributed by atoms with E-state index in [2.05, 4.69) is 27.9 Å². The van der Waals surface area contributed by atoms with Crippen molar-refractivity contribution in [3.63, 3.8) is 0 Å². The smallest absolute Gasteiger partial charge is 0.253 e. The summed E-state index contributed by atoms with van der Waals surface area (Å²) in [6, 6.07) is 7.82. The van der Waals surface area contributed by atoms with Crippen molar-refractivity contribution in [2.75, 3.05) is 26.7 Å². The van der Waals surface area contributed by atoms with E-state index in [1.54, 1.807) is 0 Å². The van der Waals surface area contributed by atoms with Crippen LogP contribution >= 0.6 is 35.0 Å². The van der Waals surface area contributed by atoms with Gasteiger partial charge in [-0.3, -0.25) is 4.79 Å². The second kappa shape index (κ2) is 8.07. The molecule has 106 valence electrons. The molecule has 1 aromatic carbocycles. The van der Waals surface area contributed by atoms with Crippen molar-refractivity contribution in [2.45, 2.75) is 12.8 Å². The topological polar surface area (TPSA) is 32.3 Å². The zero-order valence-corrected chi connectivity index (χ0v) is 14.0. The van der Waals surface area contributed by atoms with Crippen LogP contribution in [0.3, 0.4) is 0 Å². The minimum atomic E-state index is 0. The third-order valence-electron chi connectivity index (χ3n) is 3.49. The second-order valence-corrected chi connectivity index (χ2v) is 6.05. The van der Waals surface area contributed by atoms with Crippen LogP contribution in [0.4, 0.5) is 0 Å². The van der Waals surface area contributed by atoms with Crippen molar-refractivity contribution in [1.82, 2.24) is 10.2 Å². The average molecular weight is 395 g/mol. The van der Waals surface area contributed by atoms with Crippen LogP contribution in [0.25, 0.3) is 0 Å². The van der Waals surface area contributed by atoms with Gasteiger partial charge in [0.2, 0.25) is 0 Å². The van der Waals surface area contributed by atoms with Crippen LogP contribution in [0.15, 0.2) is 24.3 Å². The molecular weight excluding hydrogens is 375 g/mol. The first kappa shape index (κ1) is 16.7. The molecule has 1 aliphatic heterocycles. The molecule has 1 heterocycles. The summed E-state index contributed by atoms with van der Waals surface area (Å²) in [5, 5.41) is 3.22. The molecule has 0 aromatic heterocycles. The van der Waals surface area contributed by atoms with Crippen LogP contribution in [0, 0.1) is 9.49 Å². The van der Waals surface area contributed by atoms with Crippen LogP contribution in [-0.2, 0) is 0 Å². The molecule has 1 saturated heterocycles. The lowest BCUT2D eigenvalue weighted by Crippen LogP contribution is -2.40. The lowest BCUT2D eigenvalue weighted by Gasteiger charge is -2.32. The quantitative estimate of drug-likeness (QED) is 0.800. The van der Waals surface area contributed by atoms with Crippen molar-refractivity contribution >= 4 is 40.9 Å². The minimum Gasteiger partial charge on any atom is -0.339 e. The van der Waals surface area contributed by atoms with Crippen LogP contribution in [-0.4, -0.2) is 37.5 Å². The van der Waals surface area contributed by atoms with Gasteiger partial charge in [-0.25, -0.2) is 0 Å². The van der Waals surface area contributed by atoms with E-state index in [0.717, 1.165) is 47.5 Å². The van der Waals surface area contributed by atoms with Gasteiger partial charge in [0.05, 0.1) is 0 Å². The Morgan fingerprint density at radius 3 is 2.42 bits per heavy atom. The maximum Gasteiger partial charge on any atom is 0.253 e. The maximum atomic E-state index is 12.3. The van der Waals surface area contributed by atoms with Crippen LogP contribution in [0.2, 0.25) is 0 Å². The Morgan fingerprint density at radius 2 is 1.89 bits per heavy atom. The fourth-order valence-electron chi connectivity index (χ4n) is 2.40. The third-order valence-corrected chi connectivity index (χ3v) is 4.20. The first-order chi connectivity index (χ1) is 8.70. The number of nitrogens with one attached hydrogen (secondary N) is 1. The molecule has 2 rings (SSSR count). The normalized spacial score (nSPS) is 16.0. The first-order valence-corrected chi connectivity index (χ1v) is 7.48. The number of halogens is 2. The number of hydrogen-bond acceptors (Lipinski definition) is 2. The number of carbonyl (C=O) groups is 1. The summed E-state index contributed by atoms with van der Waals surface area (Å²) in [6.07, 6.45) is 2.22. The molecule has 0 saturated carbocycles. The molecule has 1 aliphatic rings. The molecule has 1 amide bonds. The van der Waals surface area contributed by atoms with E-state index in [0.29, 0.717) is 0 Å². The summed E-state index contributed by atoms with van der Waals surface area (Å²) in [4.78, 5) is 14.3. The number of nitrogens with zero attached hydrogens (tertiary/aromatic N) is 1. The van der Waals surface area contributed by atoms with Gasteiger partial charge in [-0.05, 0) is 79.2 Å². The zero-order valence-electron chi connectivity index (χ0n) is 11.1. The Labute approximate surface area is 134 Å². The standard InChI is InChI=1S/C14H19IN2O.ClH/c1-16-10-11-6-8-17(9-7-11)14(18)12-2-4-13(15)5-3-12;/h2-5,11,16H,6-10H2,1H3;1H. The van der Waals surface area contributed by atoms with Gasteiger partial charge in [-0.2, -0.15) is 0 Å². The highest BCUT2D eigenvalue weighted by atomic mass is 127. The second-order valence-electron chi connectivity index (χ2n) is 4.80. The molecule has 0 bridgehead atoms. The fourth-order valence-corrected chi connectivity index (χ4v) is 2.76. The Bertz CT molecular complexity index is 402. The van der Waals surface area contributed by atoms with Crippen molar-refractivity contribution < 1.29 is 4.79 Å². The number of piperidine rings is 1.